The molecule has 3 rings (SSSR count). The van der Waals surface area contributed by atoms with Gasteiger partial charge >= 0.3 is 0 Å². The van der Waals surface area contributed by atoms with Crippen molar-refractivity contribution >= 4 is 45.6 Å². The summed E-state index contributed by atoms with van der Waals surface area (Å²) in [7, 11) is 0. The van der Waals surface area contributed by atoms with Gasteiger partial charge in [0.05, 0.1) is 10.5 Å². The molecule has 0 fully saturated rings. The lowest BCUT2D eigenvalue weighted by molar-refractivity contribution is 0.679. The highest BCUT2D eigenvalue weighted by Crippen LogP contribution is 2.25. The highest BCUT2D eigenvalue weighted by Gasteiger charge is 2.12. The number of benzene rings is 1. The van der Waals surface area contributed by atoms with Crippen LogP contribution in [-0.2, 0) is 19.4 Å². The monoisotopic (exact) mass is 324 g/mol. The number of aromatic nitrogens is 2. The Morgan fingerprint density at radius 1 is 1.15 bits per heavy atom. The van der Waals surface area contributed by atoms with Crippen molar-refractivity contribution < 1.29 is 0 Å². The van der Waals surface area contributed by atoms with Crippen LogP contribution in [0.25, 0.3) is 11.0 Å². The smallest absolute Gasteiger partial charge is 0.111 e. The number of halogens is 2. The first-order valence-corrected chi connectivity index (χ1v) is 8.31. The van der Waals surface area contributed by atoms with Crippen LogP contribution < -0.4 is 0 Å². The Hall–Kier alpha value is -1.03. The van der Waals surface area contributed by atoms with Gasteiger partial charge in [-0.15, -0.1) is 22.9 Å². The molecule has 0 amide bonds. The molecule has 5 heteroatoms. The van der Waals surface area contributed by atoms with Crippen LogP contribution in [-0.4, -0.2) is 15.4 Å². The Balaban J connectivity index is 1.98. The van der Waals surface area contributed by atoms with Gasteiger partial charge in [-0.25, -0.2) is 4.98 Å². The van der Waals surface area contributed by atoms with Crippen molar-refractivity contribution in [2.75, 3.05) is 5.88 Å². The SMILES string of the molecule is ClCCc1nc2c(Cl)cccc2n1CCc1cccs1. The molecule has 0 N–H and O–H groups in total. The third-order valence-corrected chi connectivity index (χ3v) is 4.72. The fourth-order valence-electron chi connectivity index (χ4n) is 2.36. The number of nitrogens with zero attached hydrogens (tertiary/aromatic N) is 2. The number of fused-ring (bicyclic) bond motifs is 1. The zero-order valence-corrected chi connectivity index (χ0v) is 13.2. The second-order valence-electron chi connectivity index (χ2n) is 4.56. The molecule has 3 aromatic rings. The van der Waals surface area contributed by atoms with Gasteiger partial charge in [0.1, 0.15) is 11.3 Å². The lowest BCUT2D eigenvalue weighted by Crippen LogP contribution is -2.06. The van der Waals surface area contributed by atoms with Crippen LogP contribution in [0, 0.1) is 0 Å². The molecule has 1 aromatic carbocycles. The van der Waals surface area contributed by atoms with E-state index in [9.17, 15) is 0 Å². The van der Waals surface area contributed by atoms with Crippen LogP contribution >= 0.6 is 34.5 Å². The van der Waals surface area contributed by atoms with Crippen molar-refractivity contribution in [1.29, 1.82) is 0 Å². The van der Waals surface area contributed by atoms with E-state index in [0.717, 1.165) is 36.2 Å². The molecule has 2 aromatic heterocycles. The predicted octanol–water partition coefficient (Wildman–Crippen LogP) is 4.78. The van der Waals surface area contributed by atoms with Gasteiger partial charge in [0, 0.05) is 23.7 Å². The van der Waals surface area contributed by atoms with E-state index in [-0.39, 0.29) is 0 Å². The zero-order chi connectivity index (χ0) is 13.9. The maximum absolute atomic E-state index is 6.24. The first-order valence-electron chi connectivity index (χ1n) is 6.51. The van der Waals surface area contributed by atoms with E-state index < -0.39 is 0 Å². The number of hydrogen-bond acceptors (Lipinski definition) is 2. The number of para-hydroxylation sites is 1. The fourth-order valence-corrected chi connectivity index (χ4v) is 3.44. The van der Waals surface area contributed by atoms with Crippen LogP contribution in [0.5, 0.6) is 0 Å². The van der Waals surface area contributed by atoms with Crippen molar-refractivity contribution in [2.45, 2.75) is 19.4 Å². The number of rotatable bonds is 5. The topological polar surface area (TPSA) is 17.8 Å². The lowest BCUT2D eigenvalue weighted by Gasteiger charge is -2.07. The second kappa shape index (κ2) is 6.17. The van der Waals surface area contributed by atoms with Gasteiger partial charge in [0.25, 0.3) is 0 Å². The molecule has 20 heavy (non-hydrogen) atoms. The minimum atomic E-state index is 0.569. The molecule has 0 atom stereocenters. The Kier molecular flexibility index (Phi) is 4.29. The number of alkyl halides is 1. The van der Waals surface area contributed by atoms with Crippen LogP contribution in [0.3, 0.4) is 0 Å². The van der Waals surface area contributed by atoms with Crippen LogP contribution in [0.4, 0.5) is 0 Å². The highest BCUT2D eigenvalue weighted by atomic mass is 35.5. The van der Waals surface area contributed by atoms with E-state index >= 15 is 0 Å². The normalized spacial score (nSPS) is 11.3. The number of aryl methyl sites for hydroxylation is 3. The minimum absolute atomic E-state index is 0.569. The summed E-state index contributed by atoms with van der Waals surface area (Å²) >= 11 is 13.9. The summed E-state index contributed by atoms with van der Waals surface area (Å²) in [4.78, 5) is 6.03. The van der Waals surface area contributed by atoms with Crippen molar-refractivity contribution in [1.82, 2.24) is 9.55 Å². The van der Waals surface area contributed by atoms with Gasteiger partial charge in [-0.2, -0.15) is 0 Å². The molecule has 0 unspecified atom stereocenters. The summed E-state index contributed by atoms with van der Waals surface area (Å²) in [6, 6.07) is 10.2. The summed E-state index contributed by atoms with van der Waals surface area (Å²) in [6.45, 7) is 0.906. The summed E-state index contributed by atoms with van der Waals surface area (Å²) in [6.07, 6.45) is 1.77. The summed E-state index contributed by atoms with van der Waals surface area (Å²) < 4.78 is 2.24. The Labute approximate surface area is 132 Å². The van der Waals surface area contributed by atoms with E-state index in [1.54, 1.807) is 11.3 Å². The molecule has 0 saturated carbocycles. The molecule has 2 nitrogen and oxygen atoms in total. The van der Waals surface area contributed by atoms with Gasteiger partial charge in [0.2, 0.25) is 0 Å². The van der Waals surface area contributed by atoms with E-state index in [1.165, 1.54) is 4.88 Å². The summed E-state index contributed by atoms with van der Waals surface area (Å²) in [5.74, 6) is 1.58. The van der Waals surface area contributed by atoms with Gasteiger partial charge in [0.15, 0.2) is 0 Å². The third kappa shape index (κ3) is 2.71. The van der Waals surface area contributed by atoms with E-state index in [2.05, 4.69) is 33.1 Å². The fraction of sp³-hybridized carbons (Fsp3) is 0.267. The van der Waals surface area contributed by atoms with Crippen molar-refractivity contribution in [3.8, 4) is 0 Å². The van der Waals surface area contributed by atoms with Crippen molar-refractivity contribution in [2.24, 2.45) is 0 Å². The maximum atomic E-state index is 6.24. The second-order valence-corrected chi connectivity index (χ2v) is 6.37. The first kappa shape index (κ1) is 13.9. The molecular formula is C15H14Cl2N2S. The Morgan fingerprint density at radius 2 is 2.05 bits per heavy atom. The molecule has 0 spiro atoms. The average molecular weight is 325 g/mol. The molecule has 0 aliphatic carbocycles. The largest absolute Gasteiger partial charge is 0.328 e. The van der Waals surface area contributed by atoms with Gasteiger partial charge in [-0.1, -0.05) is 23.7 Å². The summed E-state index contributed by atoms with van der Waals surface area (Å²) in [5, 5.41) is 2.81. The molecule has 0 aliphatic rings. The molecule has 0 saturated heterocycles. The molecule has 2 heterocycles. The molecular weight excluding hydrogens is 311 g/mol. The Morgan fingerprint density at radius 3 is 2.80 bits per heavy atom. The quantitative estimate of drug-likeness (QED) is 0.618. The lowest BCUT2D eigenvalue weighted by atomic mass is 10.3. The van der Waals surface area contributed by atoms with Crippen LogP contribution in [0.15, 0.2) is 35.7 Å². The van der Waals surface area contributed by atoms with Crippen molar-refractivity contribution in [3.05, 3.63) is 51.4 Å². The van der Waals surface area contributed by atoms with Crippen molar-refractivity contribution in [3.63, 3.8) is 0 Å². The number of thiophene rings is 1. The average Bonchev–Trinajstić information content (AvgIpc) is 3.05. The number of hydrogen-bond donors (Lipinski definition) is 0. The van der Waals surface area contributed by atoms with E-state index in [1.807, 2.05) is 12.1 Å². The molecule has 0 aliphatic heterocycles. The van der Waals surface area contributed by atoms with Gasteiger partial charge in [-0.05, 0) is 30.0 Å². The van der Waals surface area contributed by atoms with Gasteiger partial charge < -0.3 is 4.57 Å². The third-order valence-electron chi connectivity index (χ3n) is 3.29. The van der Waals surface area contributed by atoms with Gasteiger partial charge in [-0.3, -0.25) is 0 Å². The standard InChI is InChI=1S/C15H14Cl2N2S/c16-8-6-14-18-15-12(17)4-1-5-13(15)19(14)9-7-11-3-2-10-20-11/h1-5,10H,6-9H2. The molecule has 0 radical (unpaired) electrons. The van der Waals surface area contributed by atoms with Crippen LogP contribution in [0.1, 0.15) is 10.7 Å². The van der Waals surface area contributed by atoms with Crippen LogP contribution in [0.2, 0.25) is 5.02 Å². The first-order chi connectivity index (χ1) is 9.79. The molecule has 104 valence electrons. The highest BCUT2D eigenvalue weighted by molar-refractivity contribution is 7.09. The van der Waals surface area contributed by atoms with E-state index in [4.69, 9.17) is 23.2 Å². The Bertz CT molecular complexity index is 704. The molecule has 0 bridgehead atoms. The zero-order valence-electron chi connectivity index (χ0n) is 10.9. The minimum Gasteiger partial charge on any atom is -0.328 e. The number of imidazole rings is 1. The maximum Gasteiger partial charge on any atom is 0.111 e. The summed E-state index contributed by atoms with van der Waals surface area (Å²) in [5.41, 5.74) is 1.97. The predicted molar refractivity (Wildman–Crippen MR) is 87.2 cm³/mol. The van der Waals surface area contributed by atoms with E-state index in [0.29, 0.717) is 10.9 Å².